The molecule has 0 radical (unpaired) electrons. The molecule has 2 aliphatic rings. The number of hydrogen-bond donors (Lipinski definition) is 2. The first-order valence-electron chi connectivity index (χ1n) is 11.3. The maximum atomic E-state index is 12.7. The minimum absolute atomic E-state index is 0.0285. The number of hydrogen-bond acceptors (Lipinski definition) is 12. The second kappa shape index (κ2) is 10.7. The highest BCUT2D eigenvalue weighted by molar-refractivity contribution is 5.89. The van der Waals surface area contributed by atoms with Crippen LogP contribution in [0, 0.1) is 5.92 Å². The molecule has 1 aromatic carbocycles. The topological polar surface area (TPSA) is 170 Å². The number of carbonyl (C=O) groups is 3. The predicted molar refractivity (Wildman–Crippen MR) is 121 cm³/mol. The van der Waals surface area contributed by atoms with Gasteiger partial charge in [-0.1, -0.05) is 38.5 Å². The average molecular weight is 502 g/mol. The summed E-state index contributed by atoms with van der Waals surface area (Å²) < 4.78 is 22.6. The van der Waals surface area contributed by atoms with Crippen molar-refractivity contribution in [1.82, 2.24) is 9.55 Å². The molecule has 0 saturated carbocycles. The van der Waals surface area contributed by atoms with Gasteiger partial charge in [0.1, 0.15) is 18.8 Å². The van der Waals surface area contributed by atoms with E-state index in [4.69, 9.17) is 29.5 Å². The highest BCUT2D eigenvalue weighted by Crippen LogP contribution is 2.37. The lowest BCUT2D eigenvalue weighted by atomic mass is 10.0. The Bertz CT molecular complexity index is 1170. The molecule has 6 atom stereocenters. The number of nitrogens with one attached hydrogen (secondary N) is 1. The first-order valence-corrected chi connectivity index (χ1v) is 11.3. The lowest BCUT2D eigenvalue weighted by Crippen LogP contribution is -2.40. The number of carbonyl (C=O) groups excluding carboxylic acids is 3. The van der Waals surface area contributed by atoms with Crippen molar-refractivity contribution >= 4 is 23.9 Å². The average Bonchev–Trinajstić information content (AvgIpc) is 3.42. The van der Waals surface area contributed by atoms with Crippen LogP contribution in [0.4, 0.5) is 10.6 Å². The molecule has 0 bridgehead atoms. The highest BCUT2D eigenvalue weighted by Gasteiger charge is 2.55. The summed E-state index contributed by atoms with van der Waals surface area (Å²) >= 11 is 0. The Morgan fingerprint density at radius 3 is 2.58 bits per heavy atom. The molecule has 0 amide bonds. The second-order valence-corrected chi connectivity index (χ2v) is 8.38. The van der Waals surface area contributed by atoms with Crippen LogP contribution in [0.5, 0.6) is 0 Å². The Hall–Kier alpha value is -3.97. The number of fused-ring (bicyclic) bond motifs is 1. The fourth-order valence-corrected chi connectivity index (χ4v) is 3.73. The van der Waals surface area contributed by atoms with E-state index < -0.39 is 54.4 Å². The molecular formula is C23H26N4O9. The molecule has 4 rings (SSSR count). The van der Waals surface area contributed by atoms with Crippen LogP contribution in [-0.4, -0.2) is 58.6 Å². The molecule has 192 valence electrons. The number of ether oxygens (including phenoxy) is 4. The molecule has 3 N–H and O–H groups in total. The van der Waals surface area contributed by atoms with Gasteiger partial charge in [-0.2, -0.15) is 10.5 Å². The van der Waals surface area contributed by atoms with Crippen LogP contribution in [0.3, 0.4) is 0 Å². The zero-order valence-corrected chi connectivity index (χ0v) is 19.6. The number of nitrogens with two attached hydrogens (primary N) is 1. The van der Waals surface area contributed by atoms with Gasteiger partial charge in [-0.25, -0.2) is 14.4 Å². The van der Waals surface area contributed by atoms with E-state index in [9.17, 15) is 19.2 Å². The summed E-state index contributed by atoms with van der Waals surface area (Å²) in [7, 11) is 0. The maximum absolute atomic E-state index is 12.7. The van der Waals surface area contributed by atoms with E-state index in [1.807, 2.05) is 13.8 Å². The standard InChI is InChI=1S/C23H26N4O9/c1-3-12(2)16(24)21(29)32-11-14-17-18(35-23(31)34-17)19(33-14)27-10-9-15(25-22(27)30)26-36-20(28)13-7-5-4-6-8-13/h4-10,12,14,16-19H,3,11,24H2,1-2H3,(H,25,26,30)/t12-,14?,16-,17-,18-,19-/m1/s1. The maximum Gasteiger partial charge on any atom is 0.509 e. The fraction of sp³-hybridized carbons (Fsp3) is 0.435. The van der Waals surface area contributed by atoms with E-state index in [1.165, 1.54) is 12.3 Å². The van der Waals surface area contributed by atoms with Crippen molar-refractivity contribution in [3.63, 3.8) is 0 Å². The van der Waals surface area contributed by atoms with Crippen molar-refractivity contribution in [2.45, 2.75) is 50.8 Å². The van der Waals surface area contributed by atoms with Crippen molar-refractivity contribution in [3.05, 3.63) is 58.6 Å². The Labute approximate surface area is 205 Å². The third kappa shape index (κ3) is 5.31. The zero-order valence-electron chi connectivity index (χ0n) is 19.6. The molecule has 3 heterocycles. The Morgan fingerprint density at radius 2 is 1.89 bits per heavy atom. The highest BCUT2D eigenvalue weighted by atomic mass is 16.8. The van der Waals surface area contributed by atoms with Gasteiger partial charge < -0.3 is 29.5 Å². The van der Waals surface area contributed by atoms with Crippen LogP contribution in [0.15, 0.2) is 47.4 Å². The Balaban J connectivity index is 1.42. The van der Waals surface area contributed by atoms with Gasteiger partial charge in [0.2, 0.25) is 0 Å². The van der Waals surface area contributed by atoms with Crippen LogP contribution < -0.4 is 16.9 Å². The van der Waals surface area contributed by atoms with Crippen molar-refractivity contribution in [1.29, 1.82) is 0 Å². The lowest BCUT2D eigenvalue weighted by molar-refractivity contribution is -0.153. The van der Waals surface area contributed by atoms with Gasteiger partial charge >= 0.3 is 23.8 Å². The van der Waals surface area contributed by atoms with Crippen LogP contribution in [0.2, 0.25) is 0 Å². The molecule has 2 fully saturated rings. The van der Waals surface area contributed by atoms with Crippen molar-refractivity contribution in [2.24, 2.45) is 11.7 Å². The van der Waals surface area contributed by atoms with E-state index >= 15 is 0 Å². The van der Waals surface area contributed by atoms with E-state index in [0.29, 0.717) is 12.0 Å². The van der Waals surface area contributed by atoms with E-state index in [0.717, 1.165) is 4.57 Å². The molecule has 2 aromatic rings. The minimum Gasteiger partial charge on any atom is -0.462 e. The Kier molecular flexibility index (Phi) is 7.50. The molecule has 1 aromatic heterocycles. The van der Waals surface area contributed by atoms with Crippen molar-refractivity contribution in [3.8, 4) is 0 Å². The largest absolute Gasteiger partial charge is 0.509 e. The number of aromatic nitrogens is 2. The van der Waals surface area contributed by atoms with Crippen LogP contribution in [0.1, 0.15) is 36.9 Å². The van der Waals surface area contributed by atoms with E-state index in [1.54, 1.807) is 30.3 Å². The number of anilines is 1. The molecule has 2 saturated heterocycles. The van der Waals surface area contributed by atoms with Gasteiger partial charge in [0.05, 0.1) is 5.56 Å². The zero-order chi connectivity index (χ0) is 25.8. The SMILES string of the molecule is CC[C@@H](C)[C@@H](N)C(=O)OCC1O[C@@H](n2ccc(NOC(=O)c3ccccc3)nc2=O)[C@@H]2OC(=O)O[C@H]12. The molecule has 0 spiro atoms. The minimum atomic E-state index is -1.09. The third-order valence-electron chi connectivity index (χ3n) is 6.03. The molecule has 36 heavy (non-hydrogen) atoms. The van der Waals surface area contributed by atoms with Crippen molar-refractivity contribution in [2.75, 3.05) is 12.1 Å². The van der Waals surface area contributed by atoms with Crippen LogP contribution in [0.25, 0.3) is 0 Å². The summed E-state index contributed by atoms with van der Waals surface area (Å²) in [6.45, 7) is 3.48. The van der Waals surface area contributed by atoms with Gasteiger partial charge in [-0.3, -0.25) is 9.36 Å². The molecular weight excluding hydrogens is 476 g/mol. The molecule has 13 nitrogen and oxygen atoms in total. The smallest absolute Gasteiger partial charge is 0.462 e. The van der Waals surface area contributed by atoms with Gasteiger partial charge in [-0.15, -0.1) is 0 Å². The summed E-state index contributed by atoms with van der Waals surface area (Å²) in [4.78, 5) is 57.5. The number of nitrogens with zero attached hydrogens (tertiary/aromatic N) is 2. The summed E-state index contributed by atoms with van der Waals surface area (Å²) in [5.74, 6) is -1.39. The summed E-state index contributed by atoms with van der Waals surface area (Å²) in [6.07, 6.45) is -2.77. The van der Waals surface area contributed by atoms with Crippen LogP contribution >= 0.6 is 0 Å². The fourth-order valence-electron chi connectivity index (χ4n) is 3.73. The van der Waals surface area contributed by atoms with Gasteiger partial charge in [-0.05, 0) is 18.1 Å². The lowest BCUT2D eigenvalue weighted by Gasteiger charge is -2.20. The summed E-state index contributed by atoms with van der Waals surface area (Å²) in [5.41, 5.74) is 7.75. The predicted octanol–water partition coefficient (Wildman–Crippen LogP) is 1.15. The molecule has 13 heteroatoms. The van der Waals surface area contributed by atoms with E-state index in [2.05, 4.69) is 10.5 Å². The second-order valence-electron chi connectivity index (χ2n) is 8.38. The van der Waals surface area contributed by atoms with Crippen LogP contribution in [-0.2, 0) is 28.6 Å². The van der Waals surface area contributed by atoms with E-state index in [-0.39, 0.29) is 18.3 Å². The summed E-state index contributed by atoms with van der Waals surface area (Å²) in [5, 5.41) is 0. The number of esters is 1. The molecule has 0 aliphatic carbocycles. The summed E-state index contributed by atoms with van der Waals surface area (Å²) in [6, 6.07) is 8.81. The first kappa shape index (κ1) is 25.1. The van der Waals surface area contributed by atoms with Gasteiger partial charge in [0, 0.05) is 12.3 Å². The third-order valence-corrected chi connectivity index (χ3v) is 6.03. The normalized spacial score (nSPS) is 24.1. The number of benzene rings is 1. The number of rotatable bonds is 9. The van der Waals surface area contributed by atoms with Gasteiger partial charge in [0.15, 0.2) is 24.3 Å². The Morgan fingerprint density at radius 1 is 1.17 bits per heavy atom. The van der Waals surface area contributed by atoms with Crippen molar-refractivity contribution < 1.29 is 38.2 Å². The molecule has 2 aliphatic heterocycles. The monoisotopic (exact) mass is 502 g/mol. The van der Waals surface area contributed by atoms with Gasteiger partial charge in [0.25, 0.3) is 0 Å². The quantitative estimate of drug-likeness (QED) is 0.285. The molecule has 1 unspecified atom stereocenters. The first-order chi connectivity index (χ1) is 17.3.